The Morgan fingerprint density at radius 2 is 1.52 bits per heavy atom. The third-order valence-corrected chi connectivity index (χ3v) is 16.0. The number of aromatic nitrogens is 4. The van der Waals surface area contributed by atoms with Crippen LogP contribution >= 0.6 is 0 Å². The summed E-state index contributed by atoms with van der Waals surface area (Å²) in [6, 6.07) is 33.8. The molecule has 0 unspecified atom stereocenters. The zero-order chi connectivity index (χ0) is 43.4. The van der Waals surface area contributed by atoms with E-state index in [2.05, 4.69) is 54.1 Å². The van der Waals surface area contributed by atoms with E-state index >= 15 is 0 Å². The van der Waals surface area contributed by atoms with Crippen molar-refractivity contribution < 1.29 is 38.2 Å². The summed E-state index contributed by atoms with van der Waals surface area (Å²) < 4.78 is 33.5. The van der Waals surface area contributed by atoms with E-state index in [1.165, 1.54) is 24.8 Å². The number of hydrogen-bond donors (Lipinski definition) is 2. The maximum atomic E-state index is 12.9. The summed E-state index contributed by atoms with van der Waals surface area (Å²) >= 11 is 0. The molecular weight excluding hydrogens is 797 g/mol. The number of anilines is 1. The SMILES string of the molecule is COc1ccc(C(OC[C@H]2O[C@@H](n3cnc4c(NC(=O)OCCc5ccc([N+](=O)[O-])cc5)ncnc43)[C@H](O)[C@@H]2O[Si](C)(C)C(C)(C)C)(c2ccccc2)c2ccccc2)cc1. The minimum atomic E-state index is -2.51. The minimum Gasteiger partial charge on any atom is -0.497 e. The van der Waals surface area contributed by atoms with Gasteiger partial charge in [0.25, 0.3) is 5.69 Å². The minimum absolute atomic E-state index is 0.0157. The summed E-state index contributed by atoms with van der Waals surface area (Å²) in [4.78, 5) is 36.6. The van der Waals surface area contributed by atoms with Crippen molar-refractivity contribution in [1.29, 1.82) is 0 Å². The number of ether oxygens (including phenoxy) is 4. The topological polar surface area (TPSA) is 182 Å². The van der Waals surface area contributed by atoms with Gasteiger partial charge < -0.3 is 28.5 Å². The van der Waals surface area contributed by atoms with E-state index in [9.17, 15) is 20.0 Å². The van der Waals surface area contributed by atoms with Crippen LogP contribution in [0.5, 0.6) is 5.75 Å². The predicted octanol–water partition coefficient (Wildman–Crippen LogP) is 8.19. The molecule has 2 N–H and O–H groups in total. The van der Waals surface area contributed by atoms with Gasteiger partial charge >= 0.3 is 6.09 Å². The van der Waals surface area contributed by atoms with Gasteiger partial charge in [0.1, 0.15) is 36.0 Å². The average molecular weight is 847 g/mol. The average Bonchev–Trinajstić information content (AvgIpc) is 3.82. The van der Waals surface area contributed by atoms with Gasteiger partial charge in [0, 0.05) is 18.6 Å². The molecule has 1 fully saturated rings. The number of hydrogen-bond acceptors (Lipinski definition) is 12. The lowest BCUT2D eigenvalue weighted by molar-refractivity contribution is -0.384. The van der Waals surface area contributed by atoms with Crippen molar-refractivity contribution in [2.75, 3.05) is 25.6 Å². The summed E-state index contributed by atoms with van der Waals surface area (Å²) in [6.07, 6.45) is -1.42. The van der Waals surface area contributed by atoms with E-state index in [1.807, 2.05) is 84.9 Å². The van der Waals surface area contributed by atoms with Crippen LogP contribution in [0.15, 0.2) is 122 Å². The van der Waals surface area contributed by atoms with Gasteiger partial charge in [-0.2, -0.15) is 0 Å². The maximum absolute atomic E-state index is 12.9. The molecule has 16 heteroatoms. The molecule has 0 radical (unpaired) electrons. The number of benzene rings is 4. The van der Waals surface area contributed by atoms with E-state index < -0.39 is 49.5 Å². The third-order valence-electron chi connectivity index (χ3n) is 11.5. The molecule has 3 heterocycles. The normalized spacial score (nSPS) is 18.2. The number of nitrogens with one attached hydrogen (secondary N) is 1. The van der Waals surface area contributed by atoms with Crippen molar-refractivity contribution in [3.05, 3.63) is 154 Å². The number of amides is 1. The smallest absolute Gasteiger partial charge is 0.412 e. The summed E-state index contributed by atoms with van der Waals surface area (Å²) in [5.41, 5.74) is 2.84. The summed E-state index contributed by atoms with van der Waals surface area (Å²) in [5, 5.41) is 25.7. The predicted molar refractivity (Wildman–Crippen MR) is 231 cm³/mol. The van der Waals surface area contributed by atoms with Crippen LogP contribution in [0.3, 0.4) is 0 Å². The van der Waals surface area contributed by atoms with Gasteiger partial charge in [-0.3, -0.25) is 20.0 Å². The Bertz CT molecular complexity index is 2390. The second kappa shape index (κ2) is 17.9. The van der Waals surface area contributed by atoms with Crippen molar-refractivity contribution in [1.82, 2.24) is 19.5 Å². The van der Waals surface area contributed by atoms with E-state index in [0.717, 1.165) is 22.3 Å². The Hall–Kier alpha value is -6.04. The first kappa shape index (κ1) is 43.1. The number of nitrogens with zero attached hydrogens (tertiary/aromatic N) is 5. The highest BCUT2D eigenvalue weighted by Gasteiger charge is 2.52. The maximum Gasteiger partial charge on any atom is 0.412 e. The van der Waals surface area contributed by atoms with Crippen LogP contribution < -0.4 is 10.1 Å². The molecule has 4 atom stereocenters. The van der Waals surface area contributed by atoms with Crippen molar-refractivity contribution >= 4 is 37.1 Å². The number of imidazole rings is 1. The van der Waals surface area contributed by atoms with E-state index in [1.54, 1.807) is 23.8 Å². The van der Waals surface area contributed by atoms with Crippen LogP contribution in [0.2, 0.25) is 18.1 Å². The Kier molecular flexibility index (Phi) is 12.6. The second-order valence-corrected chi connectivity index (χ2v) is 21.1. The molecule has 1 saturated heterocycles. The number of nitro groups is 1. The van der Waals surface area contributed by atoms with Gasteiger partial charge in [-0.25, -0.2) is 19.7 Å². The molecule has 0 saturated carbocycles. The number of rotatable bonds is 15. The van der Waals surface area contributed by atoms with Gasteiger partial charge in [-0.15, -0.1) is 0 Å². The second-order valence-electron chi connectivity index (χ2n) is 16.3. The van der Waals surface area contributed by atoms with Gasteiger partial charge in [-0.1, -0.05) is 106 Å². The Morgan fingerprint density at radius 3 is 2.11 bits per heavy atom. The van der Waals surface area contributed by atoms with Crippen LogP contribution in [0.4, 0.5) is 16.3 Å². The molecule has 1 amide bonds. The molecule has 61 heavy (non-hydrogen) atoms. The van der Waals surface area contributed by atoms with Crippen molar-refractivity contribution in [2.45, 2.75) is 75.5 Å². The highest BCUT2D eigenvalue weighted by atomic mass is 28.4. The van der Waals surface area contributed by atoms with Crippen LogP contribution in [-0.2, 0) is 30.7 Å². The van der Waals surface area contributed by atoms with Crippen LogP contribution in [0.1, 0.15) is 49.3 Å². The molecule has 0 aliphatic carbocycles. The van der Waals surface area contributed by atoms with Crippen LogP contribution in [0.25, 0.3) is 11.2 Å². The third kappa shape index (κ3) is 9.04. The first-order chi connectivity index (χ1) is 29.2. The van der Waals surface area contributed by atoms with Crippen LogP contribution in [-0.4, -0.2) is 82.6 Å². The number of methoxy groups -OCH3 is 1. The molecule has 7 rings (SSSR count). The molecule has 2 aromatic heterocycles. The van der Waals surface area contributed by atoms with E-state index in [4.69, 9.17) is 23.4 Å². The zero-order valence-corrected chi connectivity index (χ0v) is 35.9. The lowest BCUT2D eigenvalue weighted by Crippen LogP contribution is -2.50. The van der Waals surface area contributed by atoms with E-state index in [-0.39, 0.29) is 35.3 Å². The number of aliphatic hydroxyl groups excluding tert-OH is 1. The van der Waals surface area contributed by atoms with Crippen molar-refractivity contribution in [3.63, 3.8) is 0 Å². The summed E-state index contributed by atoms with van der Waals surface area (Å²) in [5.74, 6) is 0.804. The number of aliphatic hydroxyl groups is 1. The molecule has 4 aromatic carbocycles. The molecule has 318 valence electrons. The number of nitro benzene ring substituents is 1. The number of carbonyl (C=O) groups is 1. The molecule has 1 aliphatic heterocycles. The zero-order valence-electron chi connectivity index (χ0n) is 34.9. The Balaban J connectivity index is 1.17. The molecule has 15 nitrogen and oxygen atoms in total. The van der Waals surface area contributed by atoms with Crippen LogP contribution in [0, 0.1) is 10.1 Å². The Labute approximate surface area is 354 Å². The van der Waals surface area contributed by atoms with E-state index in [0.29, 0.717) is 17.8 Å². The number of carbonyl (C=O) groups excluding carboxylic acids is 1. The first-order valence-corrected chi connectivity index (χ1v) is 22.9. The fourth-order valence-corrected chi connectivity index (χ4v) is 8.51. The molecular formula is C45H50N6O9Si. The van der Waals surface area contributed by atoms with Crippen molar-refractivity contribution in [2.24, 2.45) is 0 Å². The standard InChI is InChI=1S/C45H50N6O9Si/c1-44(2,3)61(5,6)60-39-36(27-58-45(31-13-9-7-10-14-31,32-15-11-8-12-16-32)33-19-23-35(56-4)24-20-33)59-42(38(39)52)50-29-48-37-40(46-28-47-41(37)50)49-43(53)57-26-25-30-17-21-34(22-18-30)51(54)55/h7-24,28-29,36,38-39,42,52H,25-27H2,1-6H3,(H,46,47,49,53)/t36-,38-,39-,42-/m1/s1. The van der Waals surface area contributed by atoms with Gasteiger partial charge in [0.2, 0.25) is 0 Å². The molecule has 6 aromatic rings. The fourth-order valence-electron chi connectivity index (χ4n) is 7.18. The summed E-state index contributed by atoms with van der Waals surface area (Å²) in [7, 11) is -0.885. The lowest BCUT2D eigenvalue weighted by Gasteiger charge is -2.41. The quantitative estimate of drug-likeness (QED) is 0.0438. The highest BCUT2D eigenvalue weighted by Crippen LogP contribution is 2.45. The van der Waals surface area contributed by atoms with Gasteiger partial charge in [-0.05, 0) is 52.5 Å². The monoisotopic (exact) mass is 846 g/mol. The van der Waals surface area contributed by atoms with Crippen molar-refractivity contribution in [3.8, 4) is 5.75 Å². The highest BCUT2D eigenvalue weighted by molar-refractivity contribution is 6.74. The molecule has 0 bridgehead atoms. The number of non-ortho nitro benzene ring substituents is 1. The number of fused-ring (bicyclic) bond motifs is 1. The first-order valence-electron chi connectivity index (χ1n) is 20.0. The fraction of sp³-hybridized carbons (Fsp3) is 0.333. The molecule has 1 aliphatic rings. The molecule has 0 spiro atoms. The van der Waals surface area contributed by atoms with Gasteiger partial charge in [0.05, 0.1) is 31.6 Å². The Morgan fingerprint density at radius 1 is 0.902 bits per heavy atom. The van der Waals surface area contributed by atoms with Gasteiger partial charge in [0.15, 0.2) is 31.5 Å². The lowest BCUT2D eigenvalue weighted by atomic mass is 9.80. The summed E-state index contributed by atoms with van der Waals surface area (Å²) in [6.45, 7) is 10.7. The largest absolute Gasteiger partial charge is 0.497 e.